The minimum Gasteiger partial charge on any atom is -0.493 e. The second-order valence-electron chi connectivity index (χ2n) is 5.04. The maximum absolute atomic E-state index is 8.79. The molecule has 0 heterocycles. The van der Waals surface area contributed by atoms with E-state index in [4.69, 9.17) is 10.00 Å². The van der Waals surface area contributed by atoms with Crippen molar-refractivity contribution < 1.29 is 4.74 Å². The highest BCUT2D eigenvalue weighted by atomic mass is 16.5. The molecule has 0 bridgehead atoms. The first-order valence-electron chi connectivity index (χ1n) is 6.96. The lowest BCUT2D eigenvalue weighted by Crippen LogP contribution is -2.06. The summed E-state index contributed by atoms with van der Waals surface area (Å²) >= 11 is 0. The summed E-state index contributed by atoms with van der Waals surface area (Å²) in [6, 6.07) is 17.8. The zero-order valence-electron chi connectivity index (χ0n) is 12.0. The zero-order chi connectivity index (χ0) is 14.4. The number of nitriles is 1. The Bertz CT molecular complexity index is 578. The predicted molar refractivity (Wildman–Crippen MR) is 88.3 cm³/mol. The van der Waals surface area contributed by atoms with Crippen molar-refractivity contribution in [2.75, 3.05) is 6.61 Å². The Labute approximate surface area is 128 Å². The molecular weight excluding hydrogens is 258 g/mol. The molecule has 0 saturated carbocycles. The van der Waals surface area contributed by atoms with Gasteiger partial charge in [0.05, 0.1) is 18.2 Å². The van der Waals surface area contributed by atoms with Crippen molar-refractivity contribution in [1.29, 1.82) is 5.26 Å². The highest BCUT2D eigenvalue weighted by Gasteiger charge is 2.02. The minimum atomic E-state index is 0. The van der Waals surface area contributed by atoms with Crippen LogP contribution in [0.1, 0.15) is 33.3 Å². The average molecular weight is 281 g/mol. The van der Waals surface area contributed by atoms with Crippen LogP contribution in [0.2, 0.25) is 0 Å². The van der Waals surface area contributed by atoms with Crippen LogP contribution in [-0.4, -0.2) is 6.61 Å². The molecule has 2 nitrogen and oxygen atoms in total. The Hall–Kier alpha value is -2.27. The Morgan fingerprint density at radius 2 is 1.52 bits per heavy atom. The van der Waals surface area contributed by atoms with Crippen molar-refractivity contribution in [2.24, 2.45) is 5.92 Å². The van der Waals surface area contributed by atoms with Gasteiger partial charge in [-0.05, 0) is 41.3 Å². The van der Waals surface area contributed by atoms with E-state index in [1.54, 1.807) is 0 Å². The van der Waals surface area contributed by atoms with Gasteiger partial charge in [-0.15, -0.1) is 0 Å². The smallest absolute Gasteiger partial charge is 0.119 e. The lowest BCUT2D eigenvalue weighted by molar-refractivity contribution is 0.256. The van der Waals surface area contributed by atoms with Gasteiger partial charge >= 0.3 is 0 Å². The maximum Gasteiger partial charge on any atom is 0.119 e. The fourth-order valence-corrected chi connectivity index (χ4v) is 1.84. The van der Waals surface area contributed by atoms with Crippen molar-refractivity contribution in [1.82, 2.24) is 0 Å². The van der Waals surface area contributed by atoms with Crippen LogP contribution in [0.3, 0.4) is 0 Å². The van der Waals surface area contributed by atoms with E-state index < -0.39 is 0 Å². The first kappa shape index (κ1) is 16.8. The monoisotopic (exact) mass is 281 g/mol. The molecule has 0 fully saturated rings. The summed E-state index contributed by atoms with van der Waals surface area (Å²) in [7, 11) is 0. The summed E-state index contributed by atoms with van der Waals surface area (Å²) < 4.78 is 5.74. The molecule has 0 spiro atoms. The molecule has 0 aliphatic carbocycles. The number of hydrogen-bond acceptors (Lipinski definition) is 2. The first-order valence-corrected chi connectivity index (χ1v) is 6.96. The fourth-order valence-electron chi connectivity index (χ4n) is 1.84. The number of benzene rings is 2. The van der Waals surface area contributed by atoms with Crippen LogP contribution in [-0.2, 0) is 0 Å². The number of ether oxygens (including phenoxy) is 1. The molecule has 2 heteroatoms. The van der Waals surface area contributed by atoms with E-state index in [1.807, 2.05) is 48.5 Å². The molecule has 0 aliphatic heterocycles. The largest absolute Gasteiger partial charge is 0.493 e. The van der Waals surface area contributed by atoms with Crippen LogP contribution in [0, 0.1) is 17.2 Å². The average Bonchev–Trinajstić information content (AvgIpc) is 2.53. The minimum absolute atomic E-state index is 0. The molecule has 0 saturated heterocycles. The molecule has 0 amide bonds. The molecule has 2 aromatic rings. The molecule has 21 heavy (non-hydrogen) atoms. The lowest BCUT2D eigenvalue weighted by atomic mass is 10.0. The van der Waals surface area contributed by atoms with E-state index in [2.05, 4.69) is 19.9 Å². The molecule has 2 aromatic carbocycles. The Kier molecular flexibility index (Phi) is 6.49. The Morgan fingerprint density at radius 3 is 2.00 bits per heavy atom. The van der Waals surface area contributed by atoms with Crippen molar-refractivity contribution in [3.8, 4) is 22.9 Å². The Balaban J connectivity index is 0.00000220. The molecule has 110 valence electrons. The second kappa shape index (κ2) is 8.11. The molecule has 0 aliphatic rings. The van der Waals surface area contributed by atoms with Gasteiger partial charge in [-0.1, -0.05) is 52.0 Å². The van der Waals surface area contributed by atoms with E-state index in [9.17, 15) is 0 Å². The molecule has 0 aromatic heterocycles. The van der Waals surface area contributed by atoms with E-state index >= 15 is 0 Å². The second-order valence-corrected chi connectivity index (χ2v) is 5.04. The third-order valence-electron chi connectivity index (χ3n) is 3.43. The summed E-state index contributed by atoms with van der Waals surface area (Å²) in [6.07, 6.45) is 1.13. The summed E-state index contributed by atoms with van der Waals surface area (Å²) in [6.45, 7) is 5.11. The molecule has 2 rings (SSSR count). The zero-order valence-corrected chi connectivity index (χ0v) is 12.0. The third kappa shape index (κ3) is 4.65. The third-order valence-corrected chi connectivity index (χ3v) is 3.43. The van der Waals surface area contributed by atoms with Crippen LogP contribution in [0.25, 0.3) is 11.1 Å². The summed E-state index contributed by atoms with van der Waals surface area (Å²) in [4.78, 5) is 0. The van der Waals surface area contributed by atoms with Gasteiger partial charge in [-0.2, -0.15) is 5.26 Å². The van der Waals surface area contributed by atoms with Crippen LogP contribution < -0.4 is 4.74 Å². The van der Waals surface area contributed by atoms with Gasteiger partial charge < -0.3 is 4.74 Å². The van der Waals surface area contributed by atoms with Gasteiger partial charge in [0.1, 0.15) is 5.75 Å². The summed E-state index contributed by atoms with van der Waals surface area (Å²) in [5.41, 5.74) is 2.92. The lowest BCUT2D eigenvalue weighted by Gasteiger charge is -2.11. The molecule has 0 N–H and O–H groups in total. The van der Waals surface area contributed by atoms with E-state index in [0.717, 1.165) is 29.9 Å². The molecule has 0 radical (unpaired) electrons. The van der Waals surface area contributed by atoms with Crippen molar-refractivity contribution >= 4 is 0 Å². The maximum atomic E-state index is 8.79. The van der Waals surface area contributed by atoms with Crippen molar-refractivity contribution in [3.05, 3.63) is 54.1 Å². The topological polar surface area (TPSA) is 33.0 Å². The first-order chi connectivity index (χ1) is 9.72. The van der Waals surface area contributed by atoms with Crippen LogP contribution in [0.4, 0.5) is 0 Å². The number of rotatable bonds is 5. The molecule has 1 unspecified atom stereocenters. The standard InChI is InChI=1S/C18H19NO.CH4/c1-3-14(2)13-20-18-10-8-17(9-11-18)16-6-4-15(12-19)5-7-16;/h4-11,14H,3,13H2,1-2H3;1H4. The molecular formula is C19H23NO. The van der Waals surface area contributed by atoms with Crippen molar-refractivity contribution in [3.63, 3.8) is 0 Å². The van der Waals surface area contributed by atoms with Gasteiger partial charge in [0.2, 0.25) is 0 Å². The highest BCUT2D eigenvalue weighted by molar-refractivity contribution is 5.64. The predicted octanol–water partition coefficient (Wildman–Crippen LogP) is 5.29. The quantitative estimate of drug-likeness (QED) is 0.746. The highest BCUT2D eigenvalue weighted by Crippen LogP contribution is 2.23. The van der Waals surface area contributed by atoms with Crippen LogP contribution >= 0.6 is 0 Å². The number of nitrogens with zero attached hydrogens (tertiary/aromatic N) is 1. The fraction of sp³-hybridized carbons (Fsp3) is 0.316. The Morgan fingerprint density at radius 1 is 1.00 bits per heavy atom. The van der Waals surface area contributed by atoms with Gasteiger partial charge in [0.15, 0.2) is 0 Å². The van der Waals surface area contributed by atoms with E-state index in [-0.39, 0.29) is 7.43 Å². The SMILES string of the molecule is C.CCC(C)COc1ccc(-c2ccc(C#N)cc2)cc1. The van der Waals surface area contributed by atoms with Gasteiger partial charge in [0.25, 0.3) is 0 Å². The van der Waals surface area contributed by atoms with Gasteiger partial charge in [-0.25, -0.2) is 0 Å². The van der Waals surface area contributed by atoms with E-state index in [0.29, 0.717) is 11.5 Å². The van der Waals surface area contributed by atoms with Crippen LogP contribution in [0.15, 0.2) is 48.5 Å². The van der Waals surface area contributed by atoms with Gasteiger partial charge in [0, 0.05) is 0 Å². The van der Waals surface area contributed by atoms with Gasteiger partial charge in [-0.3, -0.25) is 0 Å². The summed E-state index contributed by atoms with van der Waals surface area (Å²) in [5, 5.41) is 8.79. The normalized spacial score (nSPS) is 11.1. The van der Waals surface area contributed by atoms with Crippen molar-refractivity contribution in [2.45, 2.75) is 27.7 Å². The number of hydrogen-bond donors (Lipinski definition) is 0. The van der Waals surface area contributed by atoms with E-state index in [1.165, 1.54) is 0 Å². The summed E-state index contributed by atoms with van der Waals surface area (Å²) in [5.74, 6) is 1.48. The molecule has 1 atom stereocenters. The van der Waals surface area contributed by atoms with Crippen LogP contribution in [0.5, 0.6) is 5.75 Å².